The van der Waals surface area contributed by atoms with Crippen LogP contribution in [0, 0.1) is 0 Å². The van der Waals surface area contributed by atoms with Crippen molar-refractivity contribution in [2.24, 2.45) is 12.8 Å². The highest BCUT2D eigenvalue weighted by molar-refractivity contribution is 5.85. The van der Waals surface area contributed by atoms with Crippen LogP contribution in [0.3, 0.4) is 0 Å². The van der Waals surface area contributed by atoms with Gasteiger partial charge in [0.1, 0.15) is 0 Å². The normalized spacial score (nSPS) is 12.2. The summed E-state index contributed by atoms with van der Waals surface area (Å²) in [5.41, 5.74) is 7.02. The van der Waals surface area contributed by atoms with Crippen LogP contribution < -0.4 is 5.73 Å². The van der Waals surface area contributed by atoms with E-state index in [-0.39, 0.29) is 25.1 Å². The Kier molecular flexibility index (Phi) is 5.79. The van der Waals surface area contributed by atoms with E-state index in [0.717, 1.165) is 18.5 Å². The minimum atomic E-state index is 0. The summed E-state index contributed by atoms with van der Waals surface area (Å²) in [4.78, 5) is 0. The summed E-state index contributed by atoms with van der Waals surface area (Å²) < 4.78 is 2.02. The van der Waals surface area contributed by atoms with Crippen molar-refractivity contribution in [2.45, 2.75) is 18.9 Å². The zero-order valence-corrected chi connectivity index (χ0v) is 8.63. The fraction of sp³-hybridized carbons (Fsp3) is 0.556. The second-order valence-electron chi connectivity index (χ2n) is 3.02. The molecule has 0 aliphatic carbocycles. The van der Waals surface area contributed by atoms with Crippen LogP contribution >= 0.6 is 12.4 Å². The third kappa shape index (κ3) is 3.38. The van der Waals surface area contributed by atoms with Gasteiger partial charge in [0.15, 0.2) is 0 Å². The van der Waals surface area contributed by atoms with E-state index in [1.165, 1.54) is 0 Å². The molecule has 0 spiro atoms. The average molecular weight is 205 g/mol. The van der Waals surface area contributed by atoms with E-state index in [4.69, 9.17) is 10.8 Å². The summed E-state index contributed by atoms with van der Waals surface area (Å²) in [5.74, 6) is 0. The van der Waals surface area contributed by atoms with Crippen LogP contribution in [-0.2, 0) is 7.05 Å². The molecule has 0 fully saturated rings. The predicted octanol–water partition coefficient (Wildman–Crippen LogP) is 1.22. The molecule has 3 nitrogen and oxygen atoms in total. The zero-order chi connectivity index (χ0) is 8.97. The van der Waals surface area contributed by atoms with Crippen molar-refractivity contribution in [1.82, 2.24) is 4.57 Å². The van der Waals surface area contributed by atoms with Crippen LogP contribution in [-0.4, -0.2) is 16.3 Å². The smallest absolute Gasteiger partial charge is 0.0450 e. The molecule has 0 saturated carbocycles. The van der Waals surface area contributed by atoms with Gasteiger partial charge in [0.2, 0.25) is 0 Å². The maximum atomic E-state index is 8.62. The molecule has 4 heteroatoms. The molecule has 1 aromatic rings. The van der Waals surface area contributed by atoms with Crippen molar-refractivity contribution in [3.8, 4) is 0 Å². The second kappa shape index (κ2) is 6.02. The quantitative estimate of drug-likeness (QED) is 0.775. The van der Waals surface area contributed by atoms with Gasteiger partial charge in [-0.2, -0.15) is 0 Å². The van der Waals surface area contributed by atoms with E-state index in [1.54, 1.807) is 0 Å². The number of aromatic nitrogens is 1. The molecular formula is C9H17ClN2O. The number of aryl methyl sites for hydroxylation is 1. The van der Waals surface area contributed by atoms with Crippen LogP contribution in [0.5, 0.6) is 0 Å². The van der Waals surface area contributed by atoms with E-state index >= 15 is 0 Å². The molecule has 0 radical (unpaired) electrons. The average Bonchev–Trinajstić information content (AvgIpc) is 2.47. The molecule has 0 unspecified atom stereocenters. The molecule has 1 heterocycles. The lowest BCUT2D eigenvalue weighted by atomic mass is 10.1. The van der Waals surface area contributed by atoms with Crippen molar-refractivity contribution in [1.29, 1.82) is 0 Å². The number of nitrogens with zero attached hydrogens (tertiary/aromatic N) is 1. The number of aliphatic hydroxyl groups excluding tert-OH is 1. The maximum Gasteiger partial charge on any atom is 0.0450 e. The molecule has 3 N–H and O–H groups in total. The largest absolute Gasteiger partial charge is 0.396 e. The topological polar surface area (TPSA) is 51.2 Å². The van der Waals surface area contributed by atoms with Gasteiger partial charge in [0, 0.05) is 31.6 Å². The first-order valence-corrected chi connectivity index (χ1v) is 4.23. The Morgan fingerprint density at radius 1 is 1.62 bits per heavy atom. The Labute approximate surface area is 85.0 Å². The molecule has 76 valence electrons. The first kappa shape index (κ1) is 12.5. The fourth-order valence-corrected chi connectivity index (χ4v) is 1.32. The highest BCUT2D eigenvalue weighted by Crippen LogP contribution is 2.14. The third-order valence-corrected chi connectivity index (χ3v) is 2.04. The molecule has 0 aromatic carbocycles. The lowest BCUT2D eigenvalue weighted by molar-refractivity contribution is 0.279. The van der Waals surface area contributed by atoms with Crippen molar-refractivity contribution in [2.75, 3.05) is 6.61 Å². The Hall–Kier alpha value is -0.510. The van der Waals surface area contributed by atoms with Gasteiger partial charge in [-0.3, -0.25) is 0 Å². The predicted molar refractivity (Wildman–Crippen MR) is 55.9 cm³/mol. The van der Waals surface area contributed by atoms with E-state index in [0.29, 0.717) is 0 Å². The lowest BCUT2D eigenvalue weighted by Crippen LogP contribution is -2.14. The second-order valence-corrected chi connectivity index (χ2v) is 3.02. The maximum absolute atomic E-state index is 8.62. The molecule has 13 heavy (non-hydrogen) atoms. The number of nitrogens with two attached hydrogens (primary N) is 1. The Morgan fingerprint density at radius 2 is 2.31 bits per heavy atom. The summed E-state index contributed by atoms with van der Waals surface area (Å²) in [6.07, 6.45) is 3.59. The molecule has 0 amide bonds. The molecule has 0 aliphatic heterocycles. The molecule has 1 atom stereocenters. The van der Waals surface area contributed by atoms with Crippen LogP contribution in [0.25, 0.3) is 0 Å². The SMILES string of the molecule is Cl.Cn1cccc1[C@H](N)CCCO. The summed E-state index contributed by atoms with van der Waals surface area (Å²) in [5, 5.41) is 8.62. The van der Waals surface area contributed by atoms with Crippen molar-refractivity contribution >= 4 is 12.4 Å². The van der Waals surface area contributed by atoms with Gasteiger partial charge in [0.25, 0.3) is 0 Å². The molecule has 1 aromatic heterocycles. The Balaban J connectivity index is 0.00000144. The van der Waals surface area contributed by atoms with Gasteiger partial charge >= 0.3 is 0 Å². The number of hydrogen-bond acceptors (Lipinski definition) is 2. The number of rotatable bonds is 4. The third-order valence-electron chi connectivity index (χ3n) is 2.04. The Bertz CT molecular complexity index is 237. The van der Waals surface area contributed by atoms with E-state index in [2.05, 4.69) is 0 Å². The summed E-state index contributed by atoms with van der Waals surface area (Å²) in [6.45, 7) is 0.220. The monoisotopic (exact) mass is 204 g/mol. The lowest BCUT2D eigenvalue weighted by Gasteiger charge is -2.11. The van der Waals surface area contributed by atoms with Gasteiger partial charge in [-0.15, -0.1) is 12.4 Å². The van der Waals surface area contributed by atoms with E-state index < -0.39 is 0 Å². The van der Waals surface area contributed by atoms with Gasteiger partial charge in [-0.1, -0.05) is 0 Å². The fourth-order valence-electron chi connectivity index (χ4n) is 1.32. The first-order valence-electron chi connectivity index (χ1n) is 4.23. The molecule has 0 bridgehead atoms. The minimum absolute atomic E-state index is 0. The summed E-state index contributed by atoms with van der Waals surface area (Å²) >= 11 is 0. The summed E-state index contributed by atoms with van der Waals surface area (Å²) in [6, 6.07) is 4.05. The van der Waals surface area contributed by atoms with Crippen LogP contribution in [0.4, 0.5) is 0 Å². The highest BCUT2D eigenvalue weighted by Gasteiger charge is 2.07. The number of hydrogen-bond donors (Lipinski definition) is 2. The van der Waals surface area contributed by atoms with Crippen LogP contribution in [0.1, 0.15) is 24.6 Å². The number of halogens is 1. The van der Waals surface area contributed by atoms with E-state index in [9.17, 15) is 0 Å². The van der Waals surface area contributed by atoms with Gasteiger partial charge in [0.05, 0.1) is 0 Å². The van der Waals surface area contributed by atoms with Gasteiger partial charge in [-0.05, 0) is 25.0 Å². The van der Waals surface area contributed by atoms with Crippen LogP contribution in [0.15, 0.2) is 18.3 Å². The zero-order valence-electron chi connectivity index (χ0n) is 7.81. The van der Waals surface area contributed by atoms with Gasteiger partial charge in [-0.25, -0.2) is 0 Å². The molecule has 1 rings (SSSR count). The van der Waals surface area contributed by atoms with Crippen LogP contribution in [0.2, 0.25) is 0 Å². The van der Waals surface area contributed by atoms with Crippen molar-refractivity contribution in [3.63, 3.8) is 0 Å². The highest BCUT2D eigenvalue weighted by atomic mass is 35.5. The van der Waals surface area contributed by atoms with Gasteiger partial charge < -0.3 is 15.4 Å². The molecule has 0 saturated heterocycles. The van der Waals surface area contributed by atoms with Crippen molar-refractivity contribution in [3.05, 3.63) is 24.0 Å². The van der Waals surface area contributed by atoms with E-state index in [1.807, 2.05) is 29.9 Å². The molecular weight excluding hydrogens is 188 g/mol. The summed E-state index contributed by atoms with van der Waals surface area (Å²) in [7, 11) is 1.98. The molecule has 0 aliphatic rings. The number of aliphatic hydroxyl groups is 1. The standard InChI is InChI=1S/C9H16N2O.ClH/c1-11-6-2-5-9(11)8(10)4-3-7-12;/h2,5-6,8,12H,3-4,7,10H2,1H3;1H/t8-;/m1./s1. The minimum Gasteiger partial charge on any atom is -0.396 e. The van der Waals surface area contributed by atoms with Crippen molar-refractivity contribution < 1.29 is 5.11 Å². The first-order chi connectivity index (χ1) is 5.75. The Morgan fingerprint density at radius 3 is 2.77 bits per heavy atom.